The molecule has 6 nitrogen and oxygen atoms in total. The predicted molar refractivity (Wildman–Crippen MR) is 63.0 cm³/mol. The van der Waals surface area contributed by atoms with E-state index in [0.29, 0.717) is 15.9 Å². The van der Waals surface area contributed by atoms with Gasteiger partial charge in [-0.1, -0.05) is 4.73 Å². The van der Waals surface area contributed by atoms with Gasteiger partial charge in [-0.2, -0.15) is 9.58 Å². The molecule has 0 amide bonds. The van der Waals surface area contributed by atoms with E-state index in [-0.39, 0.29) is 5.82 Å². The van der Waals surface area contributed by atoms with Gasteiger partial charge in [-0.25, -0.2) is 4.57 Å². The van der Waals surface area contributed by atoms with Crippen molar-refractivity contribution in [3.8, 4) is 0 Å². The van der Waals surface area contributed by atoms with Crippen LogP contribution in [0.4, 0.5) is 5.82 Å². The van der Waals surface area contributed by atoms with Gasteiger partial charge >= 0.3 is 11.5 Å². The van der Waals surface area contributed by atoms with Crippen molar-refractivity contribution < 1.29 is 14.7 Å². The SMILES string of the molecule is [C-]#[N+]c1cc2c3ccc[n+](O)c3n(C)c2c[n+]1[O-]. The van der Waals surface area contributed by atoms with E-state index in [0.717, 1.165) is 15.5 Å². The fraction of sp³-hybridized carbons (Fsp3) is 0.0833. The molecule has 0 aliphatic heterocycles. The quantitative estimate of drug-likeness (QED) is 0.277. The lowest BCUT2D eigenvalue weighted by Crippen LogP contribution is -2.31. The Kier molecular flexibility index (Phi) is 1.92. The van der Waals surface area contributed by atoms with Crippen molar-refractivity contribution in [2.75, 3.05) is 0 Å². The summed E-state index contributed by atoms with van der Waals surface area (Å²) in [5.74, 6) is 0.0170. The second-order valence-electron chi connectivity index (χ2n) is 4.02. The summed E-state index contributed by atoms with van der Waals surface area (Å²) < 4.78 is 3.25. The van der Waals surface area contributed by atoms with Gasteiger partial charge < -0.3 is 10.4 Å². The summed E-state index contributed by atoms with van der Waals surface area (Å²) in [6.07, 6.45) is 2.87. The van der Waals surface area contributed by atoms with Gasteiger partial charge in [-0.05, 0) is 12.1 Å². The highest BCUT2D eigenvalue weighted by Gasteiger charge is 2.22. The molecule has 0 aromatic carbocycles. The molecule has 18 heavy (non-hydrogen) atoms. The minimum atomic E-state index is 0.0170. The topological polar surface area (TPSA) is 60.3 Å². The third-order valence-electron chi connectivity index (χ3n) is 3.05. The van der Waals surface area contributed by atoms with E-state index < -0.39 is 0 Å². The Hall–Kier alpha value is -2.81. The summed E-state index contributed by atoms with van der Waals surface area (Å²) in [6, 6.07) is 5.09. The molecule has 88 valence electrons. The molecule has 0 saturated carbocycles. The molecular formula is C12H9N4O2+. The molecule has 0 unspecified atom stereocenters. The van der Waals surface area contributed by atoms with Crippen LogP contribution in [-0.2, 0) is 7.05 Å². The second-order valence-corrected chi connectivity index (χ2v) is 4.02. The van der Waals surface area contributed by atoms with E-state index in [4.69, 9.17) is 6.57 Å². The monoisotopic (exact) mass is 241 g/mol. The Morgan fingerprint density at radius 1 is 1.44 bits per heavy atom. The van der Waals surface area contributed by atoms with Gasteiger partial charge in [-0.3, -0.25) is 0 Å². The number of pyridine rings is 2. The highest BCUT2D eigenvalue weighted by Crippen LogP contribution is 2.26. The molecule has 0 aliphatic carbocycles. The van der Waals surface area contributed by atoms with E-state index in [1.807, 2.05) is 6.07 Å². The third-order valence-corrected chi connectivity index (χ3v) is 3.05. The van der Waals surface area contributed by atoms with Crippen LogP contribution in [0.3, 0.4) is 0 Å². The van der Waals surface area contributed by atoms with Gasteiger partial charge in [0.25, 0.3) is 0 Å². The number of hydrogen-bond donors (Lipinski definition) is 1. The number of aryl methyl sites for hydroxylation is 1. The molecule has 0 bridgehead atoms. The maximum absolute atomic E-state index is 11.6. The smallest absolute Gasteiger partial charge is 0.431 e. The Morgan fingerprint density at radius 3 is 2.94 bits per heavy atom. The Labute approximate surface area is 102 Å². The first-order chi connectivity index (χ1) is 8.63. The summed E-state index contributed by atoms with van der Waals surface area (Å²) in [5, 5.41) is 23.0. The van der Waals surface area contributed by atoms with Crippen molar-refractivity contribution in [2.24, 2.45) is 7.05 Å². The average Bonchev–Trinajstić information content (AvgIpc) is 2.63. The zero-order valence-corrected chi connectivity index (χ0v) is 9.53. The zero-order chi connectivity index (χ0) is 12.9. The van der Waals surface area contributed by atoms with Gasteiger partial charge in [0.1, 0.15) is 12.8 Å². The molecule has 3 heterocycles. The molecule has 6 heteroatoms. The van der Waals surface area contributed by atoms with Gasteiger partial charge in [0.15, 0.2) is 5.52 Å². The Balaban J connectivity index is 2.61. The highest BCUT2D eigenvalue weighted by molar-refractivity contribution is 6.05. The van der Waals surface area contributed by atoms with Crippen LogP contribution in [0.1, 0.15) is 0 Å². The van der Waals surface area contributed by atoms with Crippen LogP contribution in [0.5, 0.6) is 0 Å². The van der Waals surface area contributed by atoms with Crippen LogP contribution >= 0.6 is 0 Å². The Bertz CT molecular complexity index is 830. The summed E-state index contributed by atoms with van der Waals surface area (Å²) in [7, 11) is 1.76. The van der Waals surface area contributed by atoms with Gasteiger partial charge in [0.05, 0.1) is 12.4 Å². The standard InChI is InChI=1S/C12H9N4O2/c1-13-11-6-9-8-4-3-5-15(17)12(8)14(2)10(9)7-16(11)18/h3-7,17H,2H3/q+1. The van der Waals surface area contributed by atoms with Gasteiger partial charge in [-0.15, -0.1) is 0 Å². The lowest BCUT2D eigenvalue weighted by atomic mass is 10.2. The van der Waals surface area contributed by atoms with E-state index >= 15 is 0 Å². The van der Waals surface area contributed by atoms with E-state index in [1.54, 1.807) is 17.7 Å². The van der Waals surface area contributed by atoms with E-state index in [2.05, 4.69) is 4.85 Å². The van der Waals surface area contributed by atoms with Crippen LogP contribution in [-0.4, -0.2) is 9.77 Å². The third kappa shape index (κ3) is 1.16. The molecule has 1 N–H and O–H groups in total. The van der Waals surface area contributed by atoms with Crippen molar-refractivity contribution in [3.05, 3.63) is 47.2 Å². The first-order valence-electron chi connectivity index (χ1n) is 5.26. The van der Waals surface area contributed by atoms with Crippen LogP contribution in [0.2, 0.25) is 0 Å². The molecule has 3 aromatic heterocycles. The Morgan fingerprint density at radius 2 is 2.22 bits per heavy atom. The van der Waals surface area contributed by atoms with E-state index in [1.165, 1.54) is 18.5 Å². The number of hydrogen-bond acceptors (Lipinski definition) is 2. The maximum atomic E-state index is 11.6. The van der Waals surface area contributed by atoms with Crippen LogP contribution in [0, 0.1) is 11.8 Å². The molecule has 0 atom stereocenters. The number of nitrogens with zero attached hydrogens (tertiary/aromatic N) is 4. The second kappa shape index (κ2) is 3.34. The van der Waals surface area contributed by atoms with Crippen LogP contribution < -0.4 is 9.46 Å². The highest BCUT2D eigenvalue weighted by atomic mass is 16.5. The number of aromatic nitrogens is 3. The van der Waals surface area contributed by atoms with Crippen molar-refractivity contribution >= 4 is 27.8 Å². The van der Waals surface area contributed by atoms with E-state index in [9.17, 15) is 10.4 Å². The summed E-state index contributed by atoms with van der Waals surface area (Å²) in [4.78, 5) is 3.18. The summed E-state index contributed by atoms with van der Waals surface area (Å²) >= 11 is 0. The fourth-order valence-corrected chi connectivity index (χ4v) is 2.23. The normalized spacial score (nSPS) is 10.9. The lowest BCUT2D eigenvalue weighted by Gasteiger charge is -1.97. The molecule has 0 spiro atoms. The van der Waals surface area contributed by atoms with Gasteiger partial charge in [0.2, 0.25) is 6.20 Å². The summed E-state index contributed by atoms with van der Waals surface area (Å²) in [6.45, 7) is 6.96. The molecule has 0 saturated heterocycles. The van der Waals surface area contributed by atoms with Crippen molar-refractivity contribution in [2.45, 2.75) is 0 Å². The maximum Gasteiger partial charge on any atom is 0.431 e. The average molecular weight is 241 g/mol. The summed E-state index contributed by atoms with van der Waals surface area (Å²) in [5.41, 5.74) is 1.25. The first-order valence-corrected chi connectivity index (χ1v) is 5.26. The first kappa shape index (κ1) is 10.4. The molecular weight excluding hydrogens is 232 g/mol. The molecule has 0 radical (unpaired) electrons. The molecule has 0 aliphatic rings. The van der Waals surface area contributed by atoms with Crippen molar-refractivity contribution in [3.63, 3.8) is 0 Å². The van der Waals surface area contributed by atoms with Crippen molar-refractivity contribution in [1.29, 1.82) is 0 Å². The lowest BCUT2D eigenvalue weighted by molar-refractivity contribution is -0.886. The molecule has 3 aromatic rings. The van der Waals surface area contributed by atoms with Crippen LogP contribution in [0.15, 0.2) is 30.6 Å². The predicted octanol–water partition coefficient (Wildman–Crippen LogP) is 1.04. The minimum Gasteiger partial charge on any atom is -0.629 e. The minimum absolute atomic E-state index is 0.0170. The van der Waals surface area contributed by atoms with Crippen LogP contribution in [0.25, 0.3) is 26.8 Å². The molecule has 0 fully saturated rings. The number of fused-ring (bicyclic) bond motifs is 3. The van der Waals surface area contributed by atoms with Crippen molar-refractivity contribution in [1.82, 2.24) is 4.57 Å². The fourth-order valence-electron chi connectivity index (χ4n) is 2.23. The largest absolute Gasteiger partial charge is 0.629 e. The molecule has 3 rings (SSSR count). The number of rotatable bonds is 0. The van der Waals surface area contributed by atoms with Gasteiger partial charge in [0, 0.05) is 11.5 Å². The zero-order valence-electron chi connectivity index (χ0n) is 9.53.